The molecule has 1 aromatic heterocycles. The highest BCUT2D eigenvalue weighted by molar-refractivity contribution is 5.98. The first kappa shape index (κ1) is 25.3. The molecule has 0 atom stereocenters. The Labute approximate surface area is 189 Å². The first-order valence-electron chi connectivity index (χ1n) is 11.1. The molecule has 0 aromatic carbocycles. The summed E-state index contributed by atoms with van der Waals surface area (Å²) in [4.78, 5) is 25.5. The number of alkyl halides is 4. The fourth-order valence-electron chi connectivity index (χ4n) is 3.90. The van der Waals surface area contributed by atoms with Gasteiger partial charge in [-0.3, -0.25) is 4.79 Å². The molecule has 0 radical (unpaired) electrons. The number of aliphatic imine (C=N–C) groups is 1. The second-order valence-corrected chi connectivity index (χ2v) is 8.44. The van der Waals surface area contributed by atoms with Gasteiger partial charge in [0.05, 0.1) is 12.7 Å². The third kappa shape index (κ3) is 8.18. The molecule has 0 bridgehead atoms. The van der Waals surface area contributed by atoms with Gasteiger partial charge in [0.15, 0.2) is 5.82 Å². The molecule has 33 heavy (non-hydrogen) atoms. The first-order chi connectivity index (χ1) is 15.7. The molecular formula is C21H29F4N5O3. The van der Waals surface area contributed by atoms with Crippen LogP contribution in [0.3, 0.4) is 0 Å². The van der Waals surface area contributed by atoms with Crippen molar-refractivity contribution in [2.24, 2.45) is 10.9 Å². The minimum Gasteiger partial charge on any atom is -0.393 e. The molecule has 2 aliphatic carbocycles. The van der Waals surface area contributed by atoms with Crippen molar-refractivity contribution in [3.8, 4) is 0 Å². The van der Waals surface area contributed by atoms with Crippen molar-refractivity contribution >= 4 is 23.9 Å². The summed E-state index contributed by atoms with van der Waals surface area (Å²) in [5, 5.41) is 15.2. The molecule has 1 heterocycles. The van der Waals surface area contributed by atoms with E-state index in [1.165, 1.54) is 6.20 Å². The average Bonchev–Trinajstić information content (AvgIpc) is 2.77. The van der Waals surface area contributed by atoms with Gasteiger partial charge in [-0.25, -0.2) is 18.8 Å². The summed E-state index contributed by atoms with van der Waals surface area (Å²) < 4.78 is 55.2. The van der Waals surface area contributed by atoms with E-state index in [9.17, 15) is 27.5 Å². The smallest absolute Gasteiger partial charge is 0.345 e. The summed E-state index contributed by atoms with van der Waals surface area (Å²) in [6, 6.07) is -0.377. The van der Waals surface area contributed by atoms with Crippen LogP contribution in [0.4, 0.5) is 29.3 Å². The Balaban J connectivity index is 1.69. The van der Waals surface area contributed by atoms with Crippen LogP contribution in [0.25, 0.3) is 0 Å². The van der Waals surface area contributed by atoms with E-state index in [1.807, 2.05) is 0 Å². The molecule has 2 aliphatic rings. The van der Waals surface area contributed by atoms with Gasteiger partial charge in [-0.2, -0.15) is 13.8 Å². The van der Waals surface area contributed by atoms with Crippen molar-refractivity contribution in [3.05, 3.63) is 11.8 Å². The van der Waals surface area contributed by atoms with Crippen molar-refractivity contribution in [2.45, 2.75) is 76.0 Å². The summed E-state index contributed by atoms with van der Waals surface area (Å²) in [6.07, 6.45) is 5.26. The normalized spacial score (nSPS) is 23.7. The molecule has 0 spiro atoms. The highest BCUT2D eigenvalue weighted by atomic mass is 19.3. The molecule has 0 saturated heterocycles. The lowest BCUT2D eigenvalue weighted by molar-refractivity contribution is -0.125. The van der Waals surface area contributed by atoms with Gasteiger partial charge in [0.1, 0.15) is 5.56 Å². The van der Waals surface area contributed by atoms with Gasteiger partial charge < -0.3 is 20.5 Å². The van der Waals surface area contributed by atoms with Gasteiger partial charge in [0.2, 0.25) is 11.9 Å². The molecule has 2 fully saturated rings. The average molecular weight is 475 g/mol. The number of aliphatic hydroxyl groups is 1. The molecule has 1 amide bonds. The Morgan fingerprint density at radius 1 is 1.24 bits per heavy atom. The fourth-order valence-corrected chi connectivity index (χ4v) is 3.90. The zero-order valence-electron chi connectivity index (χ0n) is 18.2. The van der Waals surface area contributed by atoms with Crippen molar-refractivity contribution in [2.75, 3.05) is 18.5 Å². The quantitative estimate of drug-likeness (QED) is 0.286. The fraction of sp³-hybridized carbons (Fsp3) is 0.714. The second kappa shape index (κ2) is 11.7. The number of carbonyl (C=O) groups is 1. The van der Waals surface area contributed by atoms with Crippen LogP contribution in [0.2, 0.25) is 0 Å². The van der Waals surface area contributed by atoms with Crippen molar-refractivity contribution in [1.29, 1.82) is 0 Å². The van der Waals surface area contributed by atoms with Crippen LogP contribution in [0.1, 0.15) is 61.7 Å². The summed E-state index contributed by atoms with van der Waals surface area (Å²) in [6.45, 7) is -3.12. The molecule has 8 nitrogen and oxygen atoms in total. The maximum Gasteiger partial charge on any atom is 0.345 e. The SMILES string of the molecule is O=C(NC1CCC(F)(F)CC1)c1cnc(NCCOC(F)F)nc1/N=C\C1CCC(O)CC1. The van der Waals surface area contributed by atoms with Gasteiger partial charge in [-0.1, -0.05) is 0 Å². The molecule has 3 rings (SSSR count). The molecule has 1 aromatic rings. The number of carbonyl (C=O) groups excluding carboxylic acids is 1. The third-order valence-electron chi connectivity index (χ3n) is 5.84. The third-order valence-corrected chi connectivity index (χ3v) is 5.84. The van der Waals surface area contributed by atoms with Gasteiger partial charge in [0.25, 0.3) is 5.91 Å². The summed E-state index contributed by atoms with van der Waals surface area (Å²) in [5.74, 6) is -2.91. The van der Waals surface area contributed by atoms with E-state index in [4.69, 9.17) is 0 Å². The number of nitrogens with zero attached hydrogens (tertiary/aromatic N) is 3. The number of ether oxygens (including phenoxy) is 1. The predicted molar refractivity (Wildman–Crippen MR) is 113 cm³/mol. The maximum atomic E-state index is 13.4. The Bertz CT molecular complexity index is 809. The maximum absolute atomic E-state index is 13.4. The van der Waals surface area contributed by atoms with Crippen LogP contribution < -0.4 is 10.6 Å². The van der Waals surface area contributed by atoms with Crippen LogP contribution in [0, 0.1) is 5.92 Å². The lowest BCUT2D eigenvalue weighted by Gasteiger charge is -2.28. The molecule has 3 N–H and O–H groups in total. The van der Waals surface area contributed by atoms with Crippen LogP contribution in [-0.4, -0.2) is 65.0 Å². The van der Waals surface area contributed by atoms with E-state index < -0.39 is 18.4 Å². The van der Waals surface area contributed by atoms with Crippen LogP contribution in [0.5, 0.6) is 0 Å². The number of aromatic nitrogens is 2. The number of hydrogen-bond acceptors (Lipinski definition) is 7. The summed E-state index contributed by atoms with van der Waals surface area (Å²) >= 11 is 0. The highest BCUT2D eigenvalue weighted by Crippen LogP contribution is 2.33. The van der Waals surface area contributed by atoms with E-state index in [2.05, 4.69) is 30.3 Å². The van der Waals surface area contributed by atoms with Crippen molar-refractivity contribution in [3.63, 3.8) is 0 Å². The first-order valence-corrected chi connectivity index (χ1v) is 11.1. The Morgan fingerprint density at radius 2 is 1.94 bits per heavy atom. The Kier molecular flexibility index (Phi) is 8.95. The van der Waals surface area contributed by atoms with Crippen molar-refractivity contribution in [1.82, 2.24) is 15.3 Å². The van der Waals surface area contributed by atoms with E-state index in [0.29, 0.717) is 12.8 Å². The molecule has 0 aliphatic heterocycles. The monoisotopic (exact) mass is 475 g/mol. The number of nitrogens with one attached hydrogen (secondary N) is 2. The number of hydrogen-bond donors (Lipinski definition) is 3. The highest BCUT2D eigenvalue weighted by Gasteiger charge is 2.35. The zero-order chi connectivity index (χ0) is 23.8. The predicted octanol–water partition coefficient (Wildman–Crippen LogP) is 3.69. The molecular weight excluding hydrogens is 446 g/mol. The topological polar surface area (TPSA) is 109 Å². The van der Waals surface area contributed by atoms with Crippen LogP contribution in [0.15, 0.2) is 11.2 Å². The lowest BCUT2D eigenvalue weighted by atomic mass is 9.88. The van der Waals surface area contributed by atoms with E-state index >= 15 is 0 Å². The van der Waals surface area contributed by atoms with E-state index in [1.54, 1.807) is 6.21 Å². The number of anilines is 1. The summed E-state index contributed by atoms with van der Waals surface area (Å²) in [7, 11) is 0. The largest absolute Gasteiger partial charge is 0.393 e. The standard InChI is InChI=1S/C21H29F4N5O3/c22-19(23)33-10-9-26-20-28-12-16(18(32)29-14-5-7-21(24,25)8-6-14)17(30-20)27-11-13-1-3-15(31)4-2-13/h11-15,19,31H,1-10H2,(H,29,32)(H,26,28,30)/b27-11-. The van der Waals surface area contributed by atoms with Crippen LogP contribution in [-0.2, 0) is 4.74 Å². The number of aliphatic hydroxyl groups excluding tert-OH is 1. The second-order valence-electron chi connectivity index (χ2n) is 8.44. The van der Waals surface area contributed by atoms with Crippen LogP contribution >= 0.6 is 0 Å². The number of rotatable bonds is 9. The molecule has 12 heteroatoms. The van der Waals surface area contributed by atoms with Gasteiger partial charge in [-0.15, -0.1) is 0 Å². The minimum absolute atomic E-state index is 0.0236. The zero-order valence-corrected chi connectivity index (χ0v) is 18.2. The number of halogens is 4. The Morgan fingerprint density at radius 3 is 2.61 bits per heavy atom. The van der Waals surface area contributed by atoms with Gasteiger partial charge >= 0.3 is 6.61 Å². The van der Waals surface area contributed by atoms with E-state index in [-0.39, 0.29) is 74.2 Å². The lowest BCUT2D eigenvalue weighted by Crippen LogP contribution is -2.40. The number of amides is 1. The molecule has 2 saturated carbocycles. The van der Waals surface area contributed by atoms with Gasteiger partial charge in [-0.05, 0) is 44.4 Å². The summed E-state index contributed by atoms with van der Waals surface area (Å²) in [5.41, 5.74) is 0.0915. The van der Waals surface area contributed by atoms with E-state index in [0.717, 1.165) is 12.8 Å². The molecule has 0 unspecified atom stereocenters. The molecule has 184 valence electrons. The van der Waals surface area contributed by atoms with Gasteiger partial charge in [0, 0.05) is 37.8 Å². The van der Waals surface area contributed by atoms with Crippen molar-refractivity contribution < 1.29 is 32.2 Å². The Hall–Kier alpha value is -2.34. The minimum atomic E-state index is -2.88.